The molecule has 0 atom stereocenters. The Bertz CT molecular complexity index is 803. The van der Waals surface area contributed by atoms with Crippen LogP contribution in [0, 0.1) is 0 Å². The minimum atomic E-state index is -4.17. The van der Waals surface area contributed by atoms with E-state index in [1.165, 1.54) is 109 Å². The quantitative estimate of drug-likeness (QED) is 0.0600. The molecule has 1 aromatic carbocycles. The number of hydrogen-bond acceptors (Lipinski definition) is 5. The fourth-order valence-corrected chi connectivity index (χ4v) is 5.76. The van der Waals surface area contributed by atoms with Gasteiger partial charge in [-0.25, -0.2) is 0 Å². The first-order chi connectivity index (χ1) is 20.0. The maximum absolute atomic E-state index is 12.0. The molecule has 0 aromatic heterocycles. The predicted octanol–water partition coefficient (Wildman–Crippen LogP) is 10.5. The SMILES string of the molecule is CC(C)O.CC(C)O.CCCCCCCCCCCCc1cccc(S(=O)(=O)O)c1CCCCCCCCCCCC.[OH-].[Ti]. The van der Waals surface area contributed by atoms with Gasteiger partial charge in [-0.1, -0.05) is 142 Å². The third-order valence-corrected chi connectivity index (χ3v) is 8.03. The molecule has 0 saturated carbocycles. The smallest absolute Gasteiger partial charge is 0.294 e. The maximum Gasteiger partial charge on any atom is 0.294 e. The number of benzene rings is 1. The van der Waals surface area contributed by atoms with Crippen LogP contribution in [0.25, 0.3) is 0 Å². The zero-order chi connectivity index (χ0) is 32.1. The van der Waals surface area contributed by atoms with Gasteiger partial charge in [-0.05, 0) is 70.6 Å². The maximum atomic E-state index is 12.0. The van der Waals surface area contributed by atoms with E-state index in [2.05, 4.69) is 19.9 Å². The second-order valence-electron chi connectivity index (χ2n) is 12.4. The summed E-state index contributed by atoms with van der Waals surface area (Å²) in [7, 11) is -4.17. The molecule has 0 spiro atoms. The van der Waals surface area contributed by atoms with E-state index in [0.717, 1.165) is 43.2 Å². The molecule has 0 aliphatic rings. The van der Waals surface area contributed by atoms with Crippen molar-refractivity contribution in [2.75, 3.05) is 0 Å². The van der Waals surface area contributed by atoms with Crippen LogP contribution in [0.3, 0.4) is 0 Å². The molecule has 0 heterocycles. The van der Waals surface area contributed by atoms with Crippen LogP contribution >= 0.6 is 0 Å². The van der Waals surface area contributed by atoms with E-state index in [-0.39, 0.29) is 44.3 Å². The van der Waals surface area contributed by atoms with Crippen LogP contribution in [-0.4, -0.2) is 40.9 Å². The van der Waals surface area contributed by atoms with Crippen LogP contribution in [0.5, 0.6) is 0 Å². The summed E-state index contributed by atoms with van der Waals surface area (Å²) in [6, 6.07) is 5.42. The molecule has 0 saturated heterocycles. The molecule has 262 valence electrons. The minimum absolute atomic E-state index is 0. The van der Waals surface area contributed by atoms with Crippen molar-refractivity contribution in [3.63, 3.8) is 0 Å². The van der Waals surface area contributed by atoms with Crippen molar-refractivity contribution in [3.8, 4) is 0 Å². The molecule has 0 bridgehead atoms. The van der Waals surface area contributed by atoms with Gasteiger partial charge < -0.3 is 15.7 Å². The topological polar surface area (TPSA) is 125 Å². The summed E-state index contributed by atoms with van der Waals surface area (Å²) in [5.41, 5.74) is 1.98. The average molecular weight is 680 g/mol. The molecule has 1 aromatic rings. The molecule has 0 unspecified atom stereocenters. The van der Waals surface area contributed by atoms with E-state index >= 15 is 0 Å². The first-order valence-corrected chi connectivity index (χ1v) is 18.9. The number of rotatable bonds is 23. The molecule has 6 nitrogen and oxygen atoms in total. The Morgan fingerprint density at radius 3 is 1.18 bits per heavy atom. The van der Waals surface area contributed by atoms with Crippen molar-refractivity contribution in [2.24, 2.45) is 0 Å². The van der Waals surface area contributed by atoms with E-state index in [1.54, 1.807) is 39.8 Å². The van der Waals surface area contributed by atoms with Crippen molar-refractivity contribution < 1.29 is 50.4 Å². The number of aliphatic hydroxyl groups excluding tert-OH is 2. The van der Waals surface area contributed by atoms with Crippen molar-refractivity contribution >= 4 is 10.1 Å². The molecule has 0 fully saturated rings. The van der Waals surface area contributed by atoms with E-state index in [0.29, 0.717) is 0 Å². The minimum Gasteiger partial charge on any atom is -0.870 e. The average Bonchev–Trinajstić information content (AvgIpc) is 2.90. The largest absolute Gasteiger partial charge is 0.870 e. The summed E-state index contributed by atoms with van der Waals surface area (Å²) in [5.74, 6) is 0. The normalized spacial score (nSPS) is 10.8. The summed E-state index contributed by atoms with van der Waals surface area (Å²) in [4.78, 5) is 0.132. The van der Waals surface area contributed by atoms with E-state index in [4.69, 9.17) is 10.2 Å². The molecular formula is C36H71O6STi-. The number of aliphatic hydroxyl groups is 2. The Morgan fingerprint density at radius 1 is 0.568 bits per heavy atom. The fourth-order valence-electron chi connectivity index (χ4n) is 4.96. The zero-order valence-electron chi connectivity index (χ0n) is 29.5. The molecule has 1 rings (SSSR count). The van der Waals surface area contributed by atoms with Crippen LogP contribution in [-0.2, 0) is 44.7 Å². The Hall–Kier alpha value is -0.276. The Labute approximate surface area is 288 Å². The van der Waals surface area contributed by atoms with Crippen molar-refractivity contribution in [2.45, 2.75) is 200 Å². The number of hydrogen-bond donors (Lipinski definition) is 3. The third kappa shape index (κ3) is 36.2. The third-order valence-electron chi connectivity index (χ3n) is 7.09. The second kappa shape index (κ2) is 35.6. The number of aryl methyl sites for hydroxylation is 1. The van der Waals surface area contributed by atoms with Crippen LogP contribution in [0.2, 0.25) is 0 Å². The van der Waals surface area contributed by atoms with E-state index in [9.17, 15) is 13.0 Å². The van der Waals surface area contributed by atoms with Gasteiger partial charge in [0, 0.05) is 33.9 Å². The molecule has 44 heavy (non-hydrogen) atoms. The Morgan fingerprint density at radius 2 is 0.864 bits per heavy atom. The second-order valence-corrected chi connectivity index (χ2v) is 13.8. The van der Waals surface area contributed by atoms with Gasteiger partial charge in [0.15, 0.2) is 0 Å². The van der Waals surface area contributed by atoms with Gasteiger partial charge in [-0.3, -0.25) is 4.55 Å². The van der Waals surface area contributed by atoms with Crippen molar-refractivity contribution in [1.82, 2.24) is 0 Å². The van der Waals surface area contributed by atoms with Gasteiger partial charge in [0.05, 0.1) is 4.90 Å². The summed E-state index contributed by atoms with van der Waals surface area (Å²) < 4.78 is 33.7. The Kier molecular flexibility index (Phi) is 40.9. The standard InChI is InChI=1S/C30H54O3S.2C3H8O.H2O.Ti/c1-3-5-7-9-11-13-15-17-19-21-24-28-25-23-27-30(34(31,32)33)29(28)26-22-20-18-16-14-12-10-8-6-4-2;2*1-3(2)4;;/h23,25,27H,3-22,24,26H2,1-2H3,(H,31,32,33);2*3-4H,1-2H3;1H2;/p-1. The fraction of sp³-hybridized carbons (Fsp3) is 0.833. The zero-order valence-corrected chi connectivity index (χ0v) is 31.8. The van der Waals surface area contributed by atoms with Gasteiger partial charge in [0.1, 0.15) is 0 Å². The molecule has 4 N–H and O–H groups in total. The Balaban J connectivity index is -0.000000710. The van der Waals surface area contributed by atoms with Crippen LogP contribution in [0.15, 0.2) is 23.1 Å². The van der Waals surface area contributed by atoms with Crippen LogP contribution in [0.4, 0.5) is 0 Å². The van der Waals surface area contributed by atoms with Crippen LogP contribution < -0.4 is 0 Å². The monoisotopic (exact) mass is 679 g/mol. The summed E-state index contributed by atoms with van der Waals surface area (Å²) in [6.45, 7) is 11.4. The first-order valence-electron chi connectivity index (χ1n) is 17.4. The first kappa shape index (κ1) is 50.6. The molecular weight excluding hydrogens is 608 g/mol. The molecule has 0 amide bonds. The summed E-state index contributed by atoms with van der Waals surface area (Å²) >= 11 is 0. The van der Waals surface area contributed by atoms with E-state index < -0.39 is 10.1 Å². The summed E-state index contributed by atoms with van der Waals surface area (Å²) in [5, 5.41) is 16.1. The van der Waals surface area contributed by atoms with Gasteiger partial charge >= 0.3 is 0 Å². The van der Waals surface area contributed by atoms with Crippen molar-refractivity contribution in [1.29, 1.82) is 0 Å². The van der Waals surface area contributed by atoms with Crippen molar-refractivity contribution in [3.05, 3.63) is 29.3 Å². The molecule has 0 radical (unpaired) electrons. The number of unbranched alkanes of at least 4 members (excludes halogenated alkanes) is 18. The molecule has 0 aliphatic carbocycles. The van der Waals surface area contributed by atoms with Gasteiger partial charge in [-0.2, -0.15) is 8.42 Å². The predicted molar refractivity (Wildman–Crippen MR) is 184 cm³/mol. The molecule has 8 heteroatoms. The van der Waals surface area contributed by atoms with E-state index in [1.807, 2.05) is 0 Å². The summed E-state index contributed by atoms with van der Waals surface area (Å²) in [6.07, 6.45) is 27.0. The van der Waals surface area contributed by atoms with Gasteiger partial charge in [0.2, 0.25) is 0 Å². The van der Waals surface area contributed by atoms with Gasteiger partial charge in [-0.15, -0.1) is 0 Å². The molecule has 0 aliphatic heterocycles. The van der Waals surface area contributed by atoms with Crippen LogP contribution in [0.1, 0.15) is 181 Å². The van der Waals surface area contributed by atoms with Gasteiger partial charge in [0.25, 0.3) is 10.1 Å².